The minimum absolute atomic E-state index is 0.101. The van der Waals surface area contributed by atoms with Crippen LogP contribution in [-0.4, -0.2) is 50.3 Å². The zero-order valence-electron chi connectivity index (χ0n) is 23.8. The first kappa shape index (κ1) is 29.1. The summed E-state index contributed by atoms with van der Waals surface area (Å²) in [5, 5.41) is 5.77. The smallest absolute Gasteiger partial charge is 0.240 e. The summed E-state index contributed by atoms with van der Waals surface area (Å²) in [5.41, 5.74) is -0.254. The number of rotatable bonds is 11. The standard InChI is InChI=1S/C32H29F2N3O7/c1-40-13-2-14-41-26-18-23-27(29-28(26)42-15-16-43-29)25(9-12-35-23)44-24-8-7-21(17-22(24)34)37-31(39)32(10-11-32)30(38)36-20-5-3-19(33)4-6-20/h3-9,12,17-18H,2,10-11,13-16H2,1H3,(H,36,38)(H,37,39). The number of methoxy groups -OCH3 is 1. The Bertz CT molecular complexity index is 1710. The lowest BCUT2D eigenvalue weighted by Gasteiger charge is -2.23. The number of carbonyl (C=O) groups excluding carboxylic acids is 2. The van der Waals surface area contributed by atoms with E-state index >= 15 is 4.39 Å². The van der Waals surface area contributed by atoms with Gasteiger partial charge in [0.2, 0.25) is 17.6 Å². The van der Waals surface area contributed by atoms with Crippen molar-refractivity contribution in [2.24, 2.45) is 5.41 Å². The first-order valence-electron chi connectivity index (χ1n) is 14.1. The fourth-order valence-electron chi connectivity index (χ4n) is 4.85. The zero-order valence-corrected chi connectivity index (χ0v) is 23.8. The van der Waals surface area contributed by atoms with E-state index in [1.807, 2.05) is 0 Å². The van der Waals surface area contributed by atoms with Gasteiger partial charge in [-0.3, -0.25) is 14.6 Å². The normalized spacial score (nSPS) is 14.5. The summed E-state index contributed by atoms with van der Waals surface area (Å²) in [6.07, 6.45) is 2.88. The Morgan fingerprint density at radius 2 is 1.57 bits per heavy atom. The summed E-state index contributed by atoms with van der Waals surface area (Å²) in [6, 6.07) is 12.5. The number of pyridine rings is 1. The molecule has 1 aliphatic carbocycles. The Balaban J connectivity index is 1.19. The molecule has 0 radical (unpaired) electrons. The van der Waals surface area contributed by atoms with Crippen LogP contribution in [0.2, 0.25) is 0 Å². The Morgan fingerprint density at radius 1 is 0.864 bits per heavy atom. The summed E-state index contributed by atoms with van der Waals surface area (Å²) >= 11 is 0. The molecule has 2 amide bonds. The average Bonchev–Trinajstić information content (AvgIpc) is 3.84. The number of hydrogen-bond donors (Lipinski definition) is 2. The van der Waals surface area contributed by atoms with Gasteiger partial charge in [-0.25, -0.2) is 8.78 Å². The molecule has 12 heteroatoms. The maximum Gasteiger partial charge on any atom is 0.240 e. The molecule has 10 nitrogen and oxygen atoms in total. The molecule has 1 aromatic heterocycles. The van der Waals surface area contributed by atoms with Gasteiger partial charge in [0.05, 0.1) is 17.5 Å². The number of halogens is 2. The molecule has 228 valence electrons. The van der Waals surface area contributed by atoms with E-state index in [4.69, 9.17) is 23.7 Å². The molecule has 0 saturated heterocycles. The lowest BCUT2D eigenvalue weighted by Crippen LogP contribution is -2.35. The van der Waals surface area contributed by atoms with Crippen molar-refractivity contribution in [3.63, 3.8) is 0 Å². The Morgan fingerprint density at radius 3 is 2.27 bits per heavy atom. The molecule has 2 N–H and O–H groups in total. The number of hydrogen-bond acceptors (Lipinski definition) is 8. The highest BCUT2D eigenvalue weighted by molar-refractivity contribution is 6.16. The van der Waals surface area contributed by atoms with Gasteiger partial charge in [0, 0.05) is 49.8 Å². The van der Waals surface area contributed by atoms with Crippen molar-refractivity contribution in [1.82, 2.24) is 4.98 Å². The molecule has 6 rings (SSSR count). The fraction of sp³-hybridized carbons (Fsp3) is 0.281. The number of ether oxygens (including phenoxy) is 5. The van der Waals surface area contributed by atoms with Crippen LogP contribution >= 0.6 is 0 Å². The van der Waals surface area contributed by atoms with Crippen molar-refractivity contribution in [3.8, 4) is 28.7 Å². The van der Waals surface area contributed by atoms with Crippen LogP contribution in [0.4, 0.5) is 20.2 Å². The molecule has 44 heavy (non-hydrogen) atoms. The van der Waals surface area contributed by atoms with Crippen molar-refractivity contribution in [2.45, 2.75) is 19.3 Å². The molecule has 4 aromatic rings. The average molecular weight is 606 g/mol. The maximum atomic E-state index is 15.3. The molecule has 0 bridgehead atoms. The number of nitrogens with one attached hydrogen (secondary N) is 2. The van der Waals surface area contributed by atoms with E-state index < -0.39 is 28.9 Å². The van der Waals surface area contributed by atoms with Crippen LogP contribution in [0.3, 0.4) is 0 Å². The second-order valence-corrected chi connectivity index (χ2v) is 10.4. The van der Waals surface area contributed by atoms with E-state index in [-0.39, 0.29) is 17.2 Å². The molecule has 0 atom stereocenters. The summed E-state index contributed by atoms with van der Waals surface area (Å²) in [7, 11) is 1.62. The quantitative estimate of drug-likeness (QED) is 0.162. The van der Waals surface area contributed by atoms with Crippen LogP contribution < -0.4 is 29.6 Å². The van der Waals surface area contributed by atoms with Gasteiger partial charge >= 0.3 is 0 Å². The summed E-state index contributed by atoms with van der Waals surface area (Å²) in [4.78, 5) is 30.3. The van der Waals surface area contributed by atoms with Crippen molar-refractivity contribution in [3.05, 3.63) is 72.4 Å². The van der Waals surface area contributed by atoms with Crippen molar-refractivity contribution < 1.29 is 42.1 Å². The lowest BCUT2D eigenvalue weighted by atomic mass is 10.0. The lowest BCUT2D eigenvalue weighted by molar-refractivity contribution is -0.131. The van der Waals surface area contributed by atoms with E-state index in [2.05, 4.69) is 15.6 Å². The van der Waals surface area contributed by atoms with Gasteiger partial charge in [0.25, 0.3) is 0 Å². The SMILES string of the molecule is COCCCOc1cc2nccc(Oc3ccc(NC(=O)C4(C(=O)Nc5ccc(F)cc5)CC4)cc3F)c2c2c1OCCO2. The Labute approximate surface area is 251 Å². The van der Waals surface area contributed by atoms with E-state index in [0.29, 0.717) is 79.5 Å². The Hall–Kier alpha value is -4.97. The molecule has 1 saturated carbocycles. The Kier molecular flexibility index (Phi) is 8.16. The van der Waals surface area contributed by atoms with Gasteiger partial charge in [0.15, 0.2) is 23.1 Å². The molecule has 2 heterocycles. The minimum Gasteiger partial charge on any atom is -0.489 e. The highest BCUT2D eigenvalue weighted by atomic mass is 19.1. The maximum absolute atomic E-state index is 15.3. The van der Waals surface area contributed by atoms with Gasteiger partial charge in [-0.2, -0.15) is 0 Å². The first-order chi connectivity index (χ1) is 21.4. The summed E-state index contributed by atoms with van der Waals surface area (Å²) in [6.45, 7) is 1.58. The van der Waals surface area contributed by atoms with Crippen LogP contribution in [0.5, 0.6) is 28.7 Å². The molecule has 3 aromatic carbocycles. The predicted octanol–water partition coefficient (Wildman–Crippen LogP) is 5.85. The zero-order chi connectivity index (χ0) is 30.7. The van der Waals surface area contributed by atoms with Crippen molar-refractivity contribution >= 4 is 34.1 Å². The van der Waals surface area contributed by atoms with Crippen molar-refractivity contribution in [1.29, 1.82) is 0 Å². The van der Waals surface area contributed by atoms with Crippen LogP contribution in [0.15, 0.2) is 60.8 Å². The number of benzene rings is 3. The van der Waals surface area contributed by atoms with Crippen LogP contribution in [0, 0.1) is 17.0 Å². The molecule has 1 aliphatic heterocycles. The van der Waals surface area contributed by atoms with Crippen LogP contribution in [0.1, 0.15) is 19.3 Å². The molecule has 0 spiro atoms. The highest BCUT2D eigenvalue weighted by Gasteiger charge is 2.56. The van der Waals surface area contributed by atoms with Gasteiger partial charge in [-0.05, 0) is 55.3 Å². The predicted molar refractivity (Wildman–Crippen MR) is 157 cm³/mol. The van der Waals surface area contributed by atoms with Crippen molar-refractivity contribution in [2.75, 3.05) is 44.2 Å². The number of carbonyl (C=O) groups is 2. The topological polar surface area (TPSA) is 117 Å². The van der Waals surface area contributed by atoms with E-state index in [1.165, 1.54) is 42.6 Å². The molecular formula is C32H29F2N3O7. The number of fused-ring (bicyclic) bond motifs is 3. The molecule has 0 unspecified atom stereocenters. The second-order valence-electron chi connectivity index (χ2n) is 10.4. The molecule has 1 fully saturated rings. The fourth-order valence-corrected chi connectivity index (χ4v) is 4.85. The third kappa shape index (κ3) is 5.93. The minimum atomic E-state index is -1.29. The largest absolute Gasteiger partial charge is 0.489 e. The third-order valence-corrected chi connectivity index (χ3v) is 7.32. The molecule has 2 aliphatic rings. The second kappa shape index (κ2) is 12.3. The van der Waals surface area contributed by atoms with Crippen LogP contribution in [-0.2, 0) is 14.3 Å². The number of anilines is 2. The van der Waals surface area contributed by atoms with E-state index in [9.17, 15) is 14.0 Å². The first-order valence-corrected chi connectivity index (χ1v) is 14.1. The van der Waals surface area contributed by atoms with Gasteiger partial charge in [-0.1, -0.05) is 0 Å². The number of nitrogens with zero attached hydrogens (tertiary/aromatic N) is 1. The van der Waals surface area contributed by atoms with Gasteiger partial charge in [0.1, 0.15) is 30.2 Å². The summed E-state index contributed by atoms with van der Waals surface area (Å²) < 4.78 is 57.3. The number of amides is 2. The monoisotopic (exact) mass is 605 g/mol. The third-order valence-electron chi connectivity index (χ3n) is 7.32. The van der Waals surface area contributed by atoms with E-state index in [0.717, 1.165) is 6.07 Å². The highest BCUT2D eigenvalue weighted by Crippen LogP contribution is 2.49. The van der Waals surface area contributed by atoms with Gasteiger partial charge < -0.3 is 34.3 Å². The van der Waals surface area contributed by atoms with Gasteiger partial charge in [-0.15, -0.1) is 0 Å². The van der Waals surface area contributed by atoms with Crippen LogP contribution in [0.25, 0.3) is 10.9 Å². The van der Waals surface area contributed by atoms with E-state index in [1.54, 1.807) is 19.2 Å². The number of aromatic nitrogens is 1. The summed E-state index contributed by atoms with van der Waals surface area (Å²) in [5.74, 6) is -0.797. The molecular weight excluding hydrogens is 576 g/mol.